The van der Waals surface area contributed by atoms with Crippen molar-refractivity contribution in [3.8, 4) is 5.69 Å². The Kier molecular flexibility index (Phi) is 5.11. The van der Waals surface area contributed by atoms with E-state index in [1.807, 2.05) is 24.8 Å². The zero-order valence-electron chi connectivity index (χ0n) is 18.4. The van der Waals surface area contributed by atoms with Gasteiger partial charge in [-0.15, -0.1) is 0 Å². The van der Waals surface area contributed by atoms with Gasteiger partial charge in [-0.1, -0.05) is 0 Å². The number of rotatable bonds is 3. The fourth-order valence-corrected chi connectivity index (χ4v) is 5.18. The molecule has 1 aromatic carbocycles. The molecule has 1 amide bonds. The van der Waals surface area contributed by atoms with Gasteiger partial charge >= 0.3 is 0 Å². The van der Waals surface area contributed by atoms with Gasteiger partial charge in [-0.2, -0.15) is 15.0 Å². The van der Waals surface area contributed by atoms with E-state index in [4.69, 9.17) is 0 Å². The Morgan fingerprint density at radius 1 is 1.09 bits per heavy atom. The molecule has 2 fully saturated rings. The largest absolute Gasteiger partial charge is 0.336 e. The van der Waals surface area contributed by atoms with Crippen LogP contribution in [0.5, 0.6) is 0 Å². The Hall–Kier alpha value is -3.36. The Bertz CT molecular complexity index is 1130. The summed E-state index contributed by atoms with van der Waals surface area (Å²) in [5, 5.41) is 8.27. The van der Waals surface area contributed by atoms with Gasteiger partial charge in [-0.25, -0.2) is 14.4 Å². The number of hydrogen-bond acceptors (Lipinski definition) is 6. The van der Waals surface area contributed by atoms with Crippen LogP contribution in [-0.2, 0) is 0 Å². The molecule has 5 rings (SSSR count). The molecule has 2 saturated heterocycles. The fraction of sp³-hybridized carbons (Fsp3) is 0.435. The maximum Gasteiger partial charge on any atom is 0.256 e. The Labute approximate surface area is 186 Å². The molecule has 3 aromatic rings. The zero-order chi connectivity index (χ0) is 22.4. The summed E-state index contributed by atoms with van der Waals surface area (Å²) in [7, 11) is 0. The number of carbonyl (C=O) groups is 1. The maximum atomic E-state index is 14.1. The average Bonchev–Trinajstić information content (AvgIpc) is 3.41. The molecule has 4 heterocycles. The first-order chi connectivity index (χ1) is 15.4. The lowest BCUT2D eigenvalue weighted by molar-refractivity contribution is 0.0730. The summed E-state index contributed by atoms with van der Waals surface area (Å²) in [6.45, 7) is 7.44. The number of anilines is 1. The van der Waals surface area contributed by atoms with Crippen LogP contribution in [0.1, 0.15) is 41.5 Å². The number of halogens is 1. The first-order valence-electron chi connectivity index (χ1n) is 11.0. The standard InChI is InChI=1S/C23H26FN7O/c1-14-11-15(2)28-23(27-14)29-10-4-5-18-16(3)30(13-21(18)29)22(32)19-12-17(24)6-7-20(19)31-25-8-9-26-31/h6-9,11-12,16,18,21H,4-5,10,13H2,1-3H3/t16-,18-,21+/m1/s1. The van der Waals surface area contributed by atoms with Gasteiger partial charge in [-0.05, 0) is 57.9 Å². The monoisotopic (exact) mass is 435 g/mol. The first-order valence-corrected chi connectivity index (χ1v) is 11.0. The van der Waals surface area contributed by atoms with Crippen LogP contribution in [0.3, 0.4) is 0 Å². The molecule has 2 aromatic heterocycles. The molecule has 0 radical (unpaired) electrons. The number of hydrogen-bond donors (Lipinski definition) is 0. The topological polar surface area (TPSA) is 80.0 Å². The number of fused-ring (bicyclic) bond motifs is 1. The predicted molar refractivity (Wildman–Crippen MR) is 117 cm³/mol. The van der Waals surface area contributed by atoms with E-state index in [-0.39, 0.29) is 23.6 Å². The highest BCUT2D eigenvalue weighted by Crippen LogP contribution is 2.38. The summed E-state index contributed by atoms with van der Waals surface area (Å²) < 4.78 is 14.1. The van der Waals surface area contributed by atoms with Gasteiger partial charge in [0.05, 0.1) is 29.7 Å². The minimum Gasteiger partial charge on any atom is -0.336 e. The van der Waals surface area contributed by atoms with Gasteiger partial charge in [0, 0.05) is 36.4 Å². The van der Waals surface area contributed by atoms with Crippen LogP contribution < -0.4 is 4.90 Å². The number of nitrogens with zero attached hydrogens (tertiary/aromatic N) is 7. The molecule has 2 aliphatic heterocycles. The molecule has 0 N–H and O–H groups in total. The lowest BCUT2D eigenvalue weighted by atomic mass is 9.88. The van der Waals surface area contributed by atoms with Gasteiger partial charge in [-0.3, -0.25) is 4.79 Å². The maximum absolute atomic E-state index is 14.1. The number of aromatic nitrogens is 5. The smallest absolute Gasteiger partial charge is 0.256 e. The highest BCUT2D eigenvalue weighted by molar-refractivity contribution is 5.98. The van der Waals surface area contributed by atoms with Crippen LogP contribution >= 0.6 is 0 Å². The summed E-state index contributed by atoms with van der Waals surface area (Å²) in [5.41, 5.74) is 2.60. The molecule has 8 nitrogen and oxygen atoms in total. The van der Waals surface area contributed by atoms with Crippen molar-refractivity contribution in [1.82, 2.24) is 29.9 Å². The SMILES string of the molecule is Cc1cc(C)nc(N2CCC[C@@H]3[C@@H](C)N(C(=O)c4cc(F)ccc4-n4nccn4)C[C@@H]32)n1. The normalized spacial score (nSPS) is 22.8. The number of aryl methyl sites for hydroxylation is 2. The van der Waals surface area contributed by atoms with Crippen LogP contribution in [0.15, 0.2) is 36.7 Å². The summed E-state index contributed by atoms with van der Waals surface area (Å²) in [5.74, 6) is 0.363. The summed E-state index contributed by atoms with van der Waals surface area (Å²) in [6.07, 6.45) is 5.12. The van der Waals surface area contributed by atoms with Crippen LogP contribution in [-0.4, -0.2) is 60.9 Å². The number of likely N-dealkylation sites (tertiary alicyclic amines) is 1. The fourth-order valence-electron chi connectivity index (χ4n) is 5.18. The summed E-state index contributed by atoms with van der Waals surface area (Å²) in [6, 6.07) is 6.26. The predicted octanol–water partition coefficient (Wildman–Crippen LogP) is 2.94. The van der Waals surface area contributed by atoms with Crippen LogP contribution in [0.4, 0.5) is 10.3 Å². The third-order valence-corrected chi connectivity index (χ3v) is 6.64. The first kappa shape index (κ1) is 20.5. The second kappa shape index (κ2) is 7.96. The van der Waals surface area contributed by atoms with Crippen molar-refractivity contribution in [2.24, 2.45) is 5.92 Å². The molecule has 0 saturated carbocycles. The number of amides is 1. The molecular formula is C23H26FN7O. The van der Waals surface area contributed by atoms with E-state index >= 15 is 0 Å². The minimum atomic E-state index is -0.459. The lowest BCUT2D eigenvalue weighted by Crippen LogP contribution is -2.46. The molecular weight excluding hydrogens is 409 g/mol. The zero-order valence-corrected chi connectivity index (χ0v) is 18.4. The second-order valence-electron chi connectivity index (χ2n) is 8.70. The highest BCUT2D eigenvalue weighted by Gasteiger charge is 2.47. The van der Waals surface area contributed by atoms with E-state index in [1.54, 1.807) is 6.07 Å². The van der Waals surface area contributed by atoms with Gasteiger partial charge in [0.25, 0.3) is 5.91 Å². The Balaban J connectivity index is 1.48. The molecule has 166 valence electrons. The number of piperidine rings is 1. The van der Waals surface area contributed by atoms with Gasteiger partial charge in [0.1, 0.15) is 5.82 Å². The molecule has 0 spiro atoms. The molecule has 3 atom stereocenters. The van der Waals surface area contributed by atoms with Crippen molar-refractivity contribution in [1.29, 1.82) is 0 Å². The van der Waals surface area contributed by atoms with Gasteiger partial charge in [0.2, 0.25) is 5.95 Å². The molecule has 2 aliphatic rings. The van der Waals surface area contributed by atoms with Crippen molar-refractivity contribution in [3.63, 3.8) is 0 Å². The van der Waals surface area contributed by atoms with Crippen molar-refractivity contribution in [3.05, 3.63) is 59.4 Å². The minimum absolute atomic E-state index is 0.0166. The third kappa shape index (κ3) is 3.51. The van der Waals surface area contributed by atoms with Crippen LogP contribution in [0.2, 0.25) is 0 Å². The molecule has 0 bridgehead atoms. The van der Waals surface area contributed by atoms with E-state index in [2.05, 4.69) is 32.0 Å². The number of benzene rings is 1. The van der Waals surface area contributed by atoms with Gasteiger partial charge < -0.3 is 9.80 Å². The highest BCUT2D eigenvalue weighted by atomic mass is 19.1. The molecule has 9 heteroatoms. The van der Waals surface area contributed by atoms with Crippen LogP contribution in [0.25, 0.3) is 5.69 Å². The molecule has 32 heavy (non-hydrogen) atoms. The van der Waals surface area contributed by atoms with Crippen LogP contribution in [0, 0.1) is 25.6 Å². The van der Waals surface area contributed by atoms with E-state index in [9.17, 15) is 9.18 Å². The molecule has 0 unspecified atom stereocenters. The lowest BCUT2D eigenvalue weighted by Gasteiger charge is -2.37. The van der Waals surface area contributed by atoms with Crippen molar-refractivity contribution in [2.45, 2.75) is 45.7 Å². The van der Waals surface area contributed by atoms with E-state index < -0.39 is 5.82 Å². The quantitative estimate of drug-likeness (QED) is 0.629. The van der Waals surface area contributed by atoms with E-state index in [1.165, 1.54) is 29.3 Å². The Morgan fingerprint density at radius 3 is 2.53 bits per heavy atom. The second-order valence-corrected chi connectivity index (χ2v) is 8.70. The van der Waals surface area contributed by atoms with Crippen molar-refractivity contribution >= 4 is 11.9 Å². The number of carbonyl (C=O) groups excluding carboxylic acids is 1. The Morgan fingerprint density at radius 2 is 1.81 bits per heavy atom. The van der Waals surface area contributed by atoms with E-state index in [0.717, 1.165) is 36.7 Å². The van der Waals surface area contributed by atoms with Crippen molar-refractivity contribution in [2.75, 3.05) is 18.0 Å². The third-order valence-electron chi connectivity index (χ3n) is 6.64. The molecule has 0 aliphatic carbocycles. The summed E-state index contributed by atoms with van der Waals surface area (Å²) in [4.78, 5) is 28.5. The average molecular weight is 436 g/mol. The van der Waals surface area contributed by atoms with Crippen molar-refractivity contribution < 1.29 is 9.18 Å². The van der Waals surface area contributed by atoms with E-state index in [0.29, 0.717) is 18.2 Å². The van der Waals surface area contributed by atoms with Gasteiger partial charge in [0.15, 0.2) is 0 Å². The summed E-state index contributed by atoms with van der Waals surface area (Å²) >= 11 is 0.